The van der Waals surface area contributed by atoms with Crippen LogP contribution < -0.4 is 0 Å². The first-order valence-electron chi connectivity index (χ1n) is 8.42. The van der Waals surface area contributed by atoms with Gasteiger partial charge < -0.3 is 4.90 Å². The van der Waals surface area contributed by atoms with Gasteiger partial charge in [0.25, 0.3) is 0 Å². The maximum Gasteiger partial charge on any atom is 0.154 e. The van der Waals surface area contributed by atoms with Crippen LogP contribution in [0.25, 0.3) is 0 Å². The van der Waals surface area contributed by atoms with Gasteiger partial charge in [-0.25, -0.2) is 0 Å². The van der Waals surface area contributed by atoms with Crippen molar-refractivity contribution in [3.63, 3.8) is 0 Å². The molecular weight excluding hydrogens is 241 g/mol. The van der Waals surface area contributed by atoms with Gasteiger partial charge in [0.2, 0.25) is 0 Å². The minimum Gasteiger partial charge on any atom is -0.378 e. The van der Waals surface area contributed by atoms with Crippen LogP contribution in [0.3, 0.4) is 0 Å². The van der Waals surface area contributed by atoms with Crippen molar-refractivity contribution < 1.29 is 0 Å². The van der Waals surface area contributed by atoms with Crippen LogP contribution in [0.4, 0.5) is 0 Å². The van der Waals surface area contributed by atoms with Crippen LogP contribution in [0.5, 0.6) is 0 Å². The maximum atomic E-state index is 4.33. The lowest BCUT2D eigenvalue weighted by Crippen LogP contribution is -2.27. The van der Waals surface area contributed by atoms with Gasteiger partial charge in [0.05, 0.1) is 0 Å². The summed E-state index contributed by atoms with van der Waals surface area (Å²) in [4.78, 5) is 2.36. The maximum absolute atomic E-state index is 4.33. The highest BCUT2D eigenvalue weighted by Gasteiger charge is 2.18. The lowest BCUT2D eigenvalue weighted by Gasteiger charge is -2.30. The predicted octanol–water partition coefficient (Wildman–Crippen LogP) is 5.06. The summed E-state index contributed by atoms with van der Waals surface area (Å²) < 4.78 is 0. The zero-order valence-corrected chi connectivity index (χ0v) is 14.8. The van der Waals surface area contributed by atoms with Crippen molar-refractivity contribution in [2.75, 3.05) is 13.6 Å². The highest BCUT2D eigenvalue weighted by Crippen LogP contribution is 2.28. The van der Waals surface area contributed by atoms with E-state index in [1.165, 1.54) is 37.7 Å². The van der Waals surface area contributed by atoms with E-state index in [4.69, 9.17) is 0 Å². The highest BCUT2D eigenvalue weighted by molar-refractivity contribution is 6.46. The van der Waals surface area contributed by atoms with E-state index < -0.39 is 0 Å². The fourth-order valence-corrected chi connectivity index (χ4v) is 2.67. The van der Waals surface area contributed by atoms with Gasteiger partial charge in [0, 0.05) is 19.3 Å². The SMILES string of the molecule is C=C(BC(CC)CC(C)C(=C)N(C)CC(C)CC)CC. The number of allylic oxidation sites excluding steroid dienone is 2. The third-order valence-corrected chi connectivity index (χ3v) is 4.68. The summed E-state index contributed by atoms with van der Waals surface area (Å²) in [5.41, 5.74) is 2.69. The van der Waals surface area contributed by atoms with Crippen LogP contribution in [0.2, 0.25) is 5.82 Å². The Bertz CT molecular complexity index is 298. The van der Waals surface area contributed by atoms with E-state index in [0.29, 0.717) is 5.92 Å². The van der Waals surface area contributed by atoms with Crippen LogP contribution >= 0.6 is 0 Å². The normalized spacial score (nSPS) is 15.3. The van der Waals surface area contributed by atoms with Crippen molar-refractivity contribution >= 4 is 7.28 Å². The Morgan fingerprint density at radius 3 is 2.15 bits per heavy atom. The Morgan fingerprint density at radius 1 is 1.10 bits per heavy atom. The molecule has 0 saturated heterocycles. The standard InChI is InChI=1S/C18H36BN/c1-9-14(4)13-20(8)17(7)15(5)12-18(11-3)19-16(6)10-2/h14-15,18-19H,6-7,9-13H2,1-5,8H3. The summed E-state index contributed by atoms with van der Waals surface area (Å²) in [7, 11) is 3.37. The van der Waals surface area contributed by atoms with Crippen molar-refractivity contribution in [2.24, 2.45) is 11.8 Å². The molecule has 0 heterocycles. The third-order valence-electron chi connectivity index (χ3n) is 4.68. The lowest BCUT2D eigenvalue weighted by atomic mass is 9.55. The number of hydrogen-bond donors (Lipinski definition) is 0. The summed E-state index contributed by atoms with van der Waals surface area (Å²) in [6.45, 7) is 21.0. The zero-order valence-electron chi connectivity index (χ0n) is 14.8. The van der Waals surface area contributed by atoms with Crippen molar-refractivity contribution in [1.82, 2.24) is 4.90 Å². The summed E-state index contributed by atoms with van der Waals surface area (Å²) in [5, 5.41) is 0. The minimum atomic E-state index is 0.568. The molecule has 0 aromatic rings. The topological polar surface area (TPSA) is 3.24 Å². The van der Waals surface area contributed by atoms with E-state index >= 15 is 0 Å². The number of nitrogens with zero attached hydrogens (tertiary/aromatic N) is 1. The van der Waals surface area contributed by atoms with Crippen LogP contribution in [0.15, 0.2) is 24.3 Å². The molecular formula is C18H36BN. The molecule has 0 aliphatic carbocycles. The van der Waals surface area contributed by atoms with E-state index in [0.717, 1.165) is 24.7 Å². The molecule has 2 heteroatoms. The number of hydrogen-bond acceptors (Lipinski definition) is 1. The average Bonchev–Trinajstić information content (AvgIpc) is 2.44. The molecule has 0 aliphatic rings. The molecule has 0 fully saturated rings. The Kier molecular flexibility index (Phi) is 9.80. The van der Waals surface area contributed by atoms with Gasteiger partial charge in [0.1, 0.15) is 0 Å². The van der Waals surface area contributed by atoms with Crippen LogP contribution in [0, 0.1) is 11.8 Å². The molecule has 0 aromatic heterocycles. The average molecular weight is 277 g/mol. The van der Waals surface area contributed by atoms with E-state index in [1.54, 1.807) is 0 Å². The van der Waals surface area contributed by atoms with Gasteiger partial charge in [-0.3, -0.25) is 0 Å². The summed E-state index contributed by atoms with van der Waals surface area (Å²) >= 11 is 0. The molecule has 0 amide bonds. The van der Waals surface area contributed by atoms with Crippen LogP contribution in [-0.2, 0) is 0 Å². The van der Waals surface area contributed by atoms with Crippen molar-refractivity contribution in [1.29, 1.82) is 0 Å². The molecule has 20 heavy (non-hydrogen) atoms. The smallest absolute Gasteiger partial charge is 0.154 e. The van der Waals surface area contributed by atoms with Crippen LogP contribution in [-0.4, -0.2) is 25.8 Å². The van der Waals surface area contributed by atoms with E-state index in [1.807, 2.05) is 0 Å². The fraction of sp³-hybridized carbons (Fsp3) is 0.778. The van der Waals surface area contributed by atoms with Gasteiger partial charge >= 0.3 is 0 Å². The zero-order chi connectivity index (χ0) is 15.7. The molecule has 0 aliphatic heterocycles. The molecule has 0 spiro atoms. The molecule has 116 valence electrons. The second kappa shape index (κ2) is 10.1. The van der Waals surface area contributed by atoms with E-state index in [2.05, 4.69) is 59.7 Å². The third kappa shape index (κ3) is 7.21. The van der Waals surface area contributed by atoms with Crippen molar-refractivity contribution in [3.8, 4) is 0 Å². The molecule has 0 N–H and O–H groups in total. The molecule has 1 nitrogen and oxygen atoms in total. The van der Waals surface area contributed by atoms with E-state index in [9.17, 15) is 0 Å². The fourth-order valence-electron chi connectivity index (χ4n) is 2.67. The monoisotopic (exact) mass is 277 g/mol. The minimum absolute atomic E-state index is 0.568. The quantitative estimate of drug-likeness (QED) is 0.477. The molecule has 0 bridgehead atoms. The van der Waals surface area contributed by atoms with Crippen LogP contribution in [0.1, 0.15) is 60.3 Å². The largest absolute Gasteiger partial charge is 0.378 e. The molecule has 3 unspecified atom stereocenters. The lowest BCUT2D eigenvalue weighted by molar-refractivity contribution is 0.305. The summed E-state index contributed by atoms with van der Waals surface area (Å²) in [5.74, 6) is 2.07. The first-order chi connectivity index (χ1) is 9.35. The Hall–Kier alpha value is -0.655. The summed E-state index contributed by atoms with van der Waals surface area (Å²) in [6.07, 6.45) is 4.82. The summed E-state index contributed by atoms with van der Waals surface area (Å²) in [6, 6.07) is 0. The molecule has 3 atom stereocenters. The van der Waals surface area contributed by atoms with Gasteiger partial charge in [-0.15, -0.1) is 12.1 Å². The molecule has 0 rings (SSSR count). The van der Waals surface area contributed by atoms with E-state index in [-0.39, 0.29) is 0 Å². The molecule has 0 radical (unpaired) electrons. The Morgan fingerprint density at radius 2 is 1.70 bits per heavy atom. The first-order valence-corrected chi connectivity index (χ1v) is 8.42. The van der Waals surface area contributed by atoms with Crippen molar-refractivity contribution in [3.05, 3.63) is 24.3 Å². The van der Waals surface area contributed by atoms with Crippen molar-refractivity contribution in [2.45, 2.75) is 66.1 Å². The van der Waals surface area contributed by atoms with Gasteiger partial charge in [-0.05, 0) is 24.7 Å². The second-order valence-corrected chi connectivity index (χ2v) is 6.60. The Labute approximate surface area is 128 Å². The first kappa shape index (κ1) is 19.3. The molecule has 0 aromatic carbocycles. The predicted molar refractivity (Wildman–Crippen MR) is 95.6 cm³/mol. The highest BCUT2D eigenvalue weighted by atomic mass is 15.1. The second-order valence-electron chi connectivity index (χ2n) is 6.60. The van der Waals surface area contributed by atoms with Gasteiger partial charge in [0.15, 0.2) is 7.28 Å². The number of rotatable bonds is 11. The molecule has 0 saturated carbocycles. The Balaban J connectivity index is 4.38. The van der Waals surface area contributed by atoms with Gasteiger partial charge in [-0.2, -0.15) is 0 Å². The van der Waals surface area contributed by atoms with Gasteiger partial charge in [-0.1, -0.05) is 59.9 Å².